The maximum Gasteiger partial charge on any atom is 0.326 e. The van der Waals surface area contributed by atoms with Crippen molar-refractivity contribution in [2.75, 3.05) is 30.9 Å². The number of aromatic nitrogens is 2. The van der Waals surface area contributed by atoms with Gasteiger partial charge in [0.15, 0.2) is 5.96 Å². The van der Waals surface area contributed by atoms with Crippen LogP contribution in [0.4, 0.5) is 0 Å². The second kappa shape index (κ2) is 61.0. The van der Waals surface area contributed by atoms with E-state index in [0.717, 1.165) is 13.8 Å². The van der Waals surface area contributed by atoms with Crippen LogP contribution in [0, 0.1) is 23.2 Å². The number of hydrogen-bond donors (Lipinski definition) is 27. The van der Waals surface area contributed by atoms with Crippen molar-refractivity contribution in [1.29, 1.82) is 5.41 Å². The van der Waals surface area contributed by atoms with E-state index in [1.807, 2.05) is 0 Å². The summed E-state index contributed by atoms with van der Waals surface area (Å²) < 4.78 is 0. The molecular formula is C90H134N22O24S2. The molecule has 760 valence electrons. The number of guanidine groups is 1. The summed E-state index contributed by atoms with van der Waals surface area (Å²) in [4.78, 5) is 270. The molecule has 0 fully saturated rings. The Hall–Kier alpha value is -13.3. The zero-order chi connectivity index (χ0) is 103. The van der Waals surface area contributed by atoms with E-state index in [1.54, 1.807) is 139 Å². The van der Waals surface area contributed by atoms with E-state index in [9.17, 15) is 117 Å². The lowest BCUT2D eigenvalue weighted by molar-refractivity contribution is -0.142. The highest BCUT2D eigenvalue weighted by Crippen LogP contribution is 2.18. The molecule has 0 saturated heterocycles. The molecule has 1 aromatic heterocycles. The maximum atomic E-state index is 14.9. The molecule has 0 bridgehead atoms. The number of aromatic amines is 1. The lowest BCUT2D eigenvalue weighted by atomic mass is 9.96. The number of aliphatic carboxylic acids is 3. The number of nitrogens with zero attached hydrogens (tertiary/aromatic N) is 1. The minimum absolute atomic E-state index is 0.0499. The minimum Gasteiger partial charge on any atom is -0.481 e. The molecule has 0 unspecified atom stereocenters. The molecule has 0 aliphatic rings. The number of thioether (sulfide) groups is 1. The van der Waals surface area contributed by atoms with Gasteiger partial charge in [-0.15, -0.1) is 0 Å². The second-order valence-electron chi connectivity index (χ2n) is 33.8. The van der Waals surface area contributed by atoms with Crippen LogP contribution in [-0.4, -0.2) is 288 Å². The van der Waals surface area contributed by atoms with Gasteiger partial charge >= 0.3 is 17.9 Å². The van der Waals surface area contributed by atoms with Crippen molar-refractivity contribution in [1.82, 2.24) is 95.0 Å². The predicted molar refractivity (Wildman–Crippen MR) is 508 cm³/mol. The Morgan fingerprint density at radius 1 is 0.428 bits per heavy atom. The number of imidazole rings is 1. The van der Waals surface area contributed by atoms with Crippen LogP contribution in [0.5, 0.6) is 0 Å². The van der Waals surface area contributed by atoms with E-state index in [2.05, 4.69) is 108 Å². The van der Waals surface area contributed by atoms with Crippen LogP contribution in [-0.2, 0) is 117 Å². The highest BCUT2D eigenvalue weighted by atomic mass is 32.2. The number of carbonyl (C=O) groups is 19. The summed E-state index contributed by atoms with van der Waals surface area (Å²) >= 11 is 5.52. The van der Waals surface area contributed by atoms with Crippen molar-refractivity contribution in [3.8, 4) is 0 Å². The quantitative estimate of drug-likeness (QED) is 0.00863. The summed E-state index contributed by atoms with van der Waals surface area (Å²) in [6.07, 6.45) is -1.27. The number of primary amides is 1. The molecule has 0 spiro atoms. The molecule has 19 atom stereocenters. The SMILES string of the molecule is CC[C@H](C)[C@H](NC(=O)[C@H](Cc1ccccc1)NC(=O)[C@H](Cc1ccccc1)NC(=O)[C@H](CCSC)NC(=O)[C@H](CCC(N)=O)NC(=O)[C@@H](NC(=O)[C@H](CC(C)C)NC(=O)[C@H](CS)NC(=O)[C@H](C)NC(=O)[C@H](CCC(=O)O)NC(=O)[C@H](Cc1ccccc1)NC(=O)[C@H](CO)NC(=O)[C@@H](NC(=O)[C@H](CCC(=O)O)NC(=O)[C@@H](N)CCCNC(=N)N)[C@@H](C)CC)[C@@H](C)O)C(=O)N[C@@H](Cc1cnc[nH]1)C(=O)O. The van der Waals surface area contributed by atoms with E-state index in [4.69, 9.17) is 22.6 Å². The lowest BCUT2D eigenvalue weighted by Gasteiger charge is -2.29. The van der Waals surface area contributed by atoms with Gasteiger partial charge in [-0.05, 0) is 105 Å². The smallest absolute Gasteiger partial charge is 0.326 e. The highest BCUT2D eigenvalue weighted by Gasteiger charge is 2.41. The normalized spacial score (nSPS) is 15.3. The van der Waals surface area contributed by atoms with Gasteiger partial charge in [0.2, 0.25) is 94.5 Å². The van der Waals surface area contributed by atoms with Crippen molar-refractivity contribution >= 4 is 143 Å². The summed E-state index contributed by atoms with van der Waals surface area (Å²) in [5.74, 6) is -23.0. The first-order valence-electron chi connectivity index (χ1n) is 45.2. The lowest BCUT2D eigenvalue weighted by Crippen LogP contribution is -2.62. The number of carbonyl (C=O) groups excluding carboxylic acids is 16. The third-order valence-corrected chi connectivity index (χ3v) is 23.2. The number of aliphatic hydroxyl groups excluding tert-OH is 2. The minimum atomic E-state index is -1.95. The molecule has 138 heavy (non-hydrogen) atoms. The predicted octanol–water partition coefficient (Wildman–Crippen LogP) is -4.16. The fourth-order valence-electron chi connectivity index (χ4n) is 13.8. The topological polar surface area (TPSA) is 749 Å². The number of hydrogen-bond acceptors (Lipinski definition) is 26. The first-order chi connectivity index (χ1) is 65.3. The Bertz CT molecular complexity index is 4720. The molecule has 3 aromatic carbocycles. The second-order valence-corrected chi connectivity index (χ2v) is 35.1. The maximum absolute atomic E-state index is 14.9. The Labute approximate surface area is 808 Å². The molecule has 0 aliphatic carbocycles. The third kappa shape index (κ3) is 42.1. The van der Waals surface area contributed by atoms with Gasteiger partial charge in [-0.1, -0.05) is 145 Å². The number of nitrogens with two attached hydrogens (primary N) is 3. The van der Waals surface area contributed by atoms with Gasteiger partial charge in [0.05, 0.1) is 25.1 Å². The number of nitrogens with one attached hydrogen (secondary N) is 18. The van der Waals surface area contributed by atoms with Gasteiger partial charge in [0.25, 0.3) is 0 Å². The molecule has 46 nitrogen and oxygen atoms in total. The van der Waals surface area contributed by atoms with Gasteiger partial charge < -0.3 is 133 Å². The van der Waals surface area contributed by atoms with E-state index in [1.165, 1.54) is 24.3 Å². The molecule has 0 radical (unpaired) electrons. The first kappa shape index (κ1) is 117. The summed E-state index contributed by atoms with van der Waals surface area (Å²) in [6.45, 7) is 11.2. The van der Waals surface area contributed by atoms with Crippen LogP contribution < -0.4 is 102 Å². The van der Waals surface area contributed by atoms with Gasteiger partial charge in [0, 0.05) is 69.1 Å². The Morgan fingerprint density at radius 2 is 0.783 bits per heavy atom. The Kier molecular flexibility index (Phi) is 51.7. The highest BCUT2D eigenvalue weighted by molar-refractivity contribution is 7.98. The van der Waals surface area contributed by atoms with E-state index in [-0.39, 0.29) is 76.0 Å². The fourth-order valence-corrected chi connectivity index (χ4v) is 14.6. The molecule has 0 aliphatic heterocycles. The number of benzene rings is 3. The number of rotatable bonds is 64. The summed E-state index contributed by atoms with van der Waals surface area (Å²) in [6, 6.07) is -0.640. The van der Waals surface area contributed by atoms with Crippen molar-refractivity contribution in [2.24, 2.45) is 35.0 Å². The molecule has 16 amide bonds. The molecule has 29 N–H and O–H groups in total. The van der Waals surface area contributed by atoms with Crippen LogP contribution in [0.15, 0.2) is 104 Å². The monoisotopic (exact) mass is 1970 g/mol. The number of thiol groups is 1. The zero-order valence-corrected chi connectivity index (χ0v) is 80.2. The summed E-state index contributed by atoms with van der Waals surface area (Å²) in [5.41, 5.74) is 18.8. The molecule has 1 heterocycles. The van der Waals surface area contributed by atoms with Gasteiger partial charge in [0.1, 0.15) is 90.6 Å². The average Bonchev–Trinajstić information content (AvgIpc) is 0.942. The largest absolute Gasteiger partial charge is 0.481 e. The fraction of sp³-hybridized carbons (Fsp3) is 0.544. The number of amides is 16. The third-order valence-electron chi connectivity index (χ3n) is 22.2. The van der Waals surface area contributed by atoms with Crippen molar-refractivity contribution in [2.45, 2.75) is 261 Å². The summed E-state index contributed by atoms with van der Waals surface area (Å²) in [7, 11) is 0. The molecule has 4 aromatic rings. The molecular weight excluding hydrogens is 1840 g/mol. The Morgan fingerprint density at radius 3 is 1.18 bits per heavy atom. The van der Waals surface area contributed by atoms with Crippen molar-refractivity contribution in [3.05, 3.63) is 126 Å². The molecule has 0 saturated carbocycles. The van der Waals surface area contributed by atoms with E-state index in [0.29, 0.717) is 28.8 Å². The zero-order valence-electron chi connectivity index (χ0n) is 78.5. The van der Waals surface area contributed by atoms with E-state index < -0.39 is 284 Å². The number of H-pyrrole nitrogens is 1. The first-order valence-corrected chi connectivity index (χ1v) is 47.2. The summed E-state index contributed by atoms with van der Waals surface area (Å²) in [5, 5.41) is 98.6. The standard InChI is InChI=1S/C90H134N22O24S2/c1-10-48(5)71(86(132)107-65(89(135)136)42-55-43-95-46-97-55)111-83(129)64(41-54-26-19-14-20-27-54)105-81(127)63(40-53-24-17-13-18-25-53)104-78(124)60(35-37-138-9)101-77(123)57(29-32-68(92)115)102-88(134)73(51(8)114)112-82(128)61(38-47(3)4)103-85(131)67(45-137)109-74(120)50(7)98-76(122)58(30-33-69(116)117)100-80(126)62(39-52-22-15-12-16-23-52)106-84(130)66(44-113)108-87(133)72(49(6)11-2)110-79(125)59(31-34-70(118)119)99-75(121)56(91)28-21-36-96-90(93)94/h12-20,22-27,43,46-51,56-67,71-73,113-114,137H,10-11,21,28-42,44-45,91H2,1-9H3,(H2,92,115)(H,95,97)(H,98,122)(H,99,121)(H,100,126)(H,101,123)(H,102,134)(H,103,131)(H,104,124)(H,105,127)(H,106,130)(H,107,132)(H,108,133)(H,109,120)(H,110,125)(H,111,129)(H,112,128)(H,116,117)(H,118,119)(H,135,136)(H4,93,94,96)/t48-,49-,50-,51+,56-,57-,58-,59-,60-,61-,62-,63-,64-,65-,66-,67-,71-,72-,73-/m0/s1. The van der Waals surface area contributed by atoms with E-state index >= 15 is 0 Å². The average molecular weight is 1970 g/mol. The molecule has 4 rings (SSSR count). The van der Waals surface area contributed by atoms with Crippen molar-refractivity contribution < 1.29 is 117 Å². The van der Waals surface area contributed by atoms with Crippen LogP contribution in [0.1, 0.15) is 155 Å². The number of carboxylic acids is 3. The molecule has 48 heteroatoms. The van der Waals surface area contributed by atoms with Gasteiger partial charge in [-0.25, -0.2) is 9.78 Å². The van der Waals surface area contributed by atoms with Crippen LogP contribution in [0.2, 0.25) is 0 Å². The number of carboxylic acid groups (broad SMARTS) is 3. The van der Waals surface area contributed by atoms with Gasteiger partial charge in [-0.2, -0.15) is 24.4 Å². The van der Waals surface area contributed by atoms with Crippen LogP contribution in [0.25, 0.3) is 0 Å². The van der Waals surface area contributed by atoms with Crippen molar-refractivity contribution in [3.63, 3.8) is 0 Å². The van der Waals surface area contributed by atoms with Crippen LogP contribution in [0.3, 0.4) is 0 Å². The van der Waals surface area contributed by atoms with Crippen LogP contribution >= 0.6 is 24.4 Å². The number of aliphatic hydroxyl groups is 2. The van der Waals surface area contributed by atoms with Gasteiger partial charge in [-0.3, -0.25) is 91.7 Å². The Balaban J connectivity index is 1.55.